The number of hydrogen-bond donors (Lipinski definition) is 2. The fraction of sp³-hybridized carbons (Fsp3) is 0.655. The number of Topliss-reactive ketones (excluding diaryl/α,β-unsaturated/α-hetero) is 1. The fourth-order valence-electron chi connectivity index (χ4n) is 6.19. The van der Waals surface area contributed by atoms with E-state index in [0.29, 0.717) is 24.0 Å². The summed E-state index contributed by atoms with van der Waals surface area (Å²) < 4.78 is 16.8. The molecule has 38 heavy (non-hydrogen) atoms. The highest BCUT2D eigenvalue weighted by atomic mass is 16.6. The summed E-state index contributed by atoms with van der Waals surface area (Å²) >= 11 is 0. The molecule has 9 heteroatoms. The fourth-order valence-corrected chi connectivity index (χ4v) is 6.19. The van der Waals surface area contributed by atoms with Crippen molar-refractivity contribution in [1.82, 2.24) is 0 Å². The van der Waals surface area contributed by atoms with Gasteiger partial charge in [0.05, 0.1) is 12.3 Å². The number of allylic oxidation sites excluding steroid dienone is 1. The van der Waals surface area contributed by atoms with Crippen LogP contribution in [0.5, 0.6) is 0 Å². The van der Waals surface area contributed by atoms with E-state index < -0.39 is 83.3 Å². The van der Waals surface area contributed by atoms with Gasteiger partial charge >= 0.3 is 17.9 Å². The van der Waals surface area contributed by atoms with Crippen LogP contribution in [-0.4, -0.2) is 64.4 Å². The van der Waals surface area contributed by atoms with Gasteiger partial charge in [0.1, 0.15) is 30.5 Å². The maximum absolute atomic E-state index is 13.4. The van der Waals surface area contributed by atoms with Crippen LogP contribution < -0.4 is 0 Å². The van der Waals surface area contributed by atoms with Crippen LogP contribution in [0.1, 0.15) is 67.2 Å². The molecule has 7 atom stereocenters. The van der Waals surface area contributed by atoms with Crippen LogP contribution in [0.15, 0.2) is 36.0 Å². The van der Waals surface area contributed by atoms with Crippen LogP contribution in [0.25, 0.3) is 0 Å². The topological polar surface area (TPSA) is 136 Å². The summed E-state index contributed by atoms with van der Waals surface area (Å²) in [7, 11) is 0. The van der Waals surface area contributed by atoms with E-state index in [2.05, 4.69) is 13.2 Å². The molecule has 3 aliphatic rings. The first kappa shape index (κ1) is 29.8. The van der Waals surface area contributed by atoms with E-state index in [0.717, 1.165) is 0 Å². The van der Waals surface area contributed by atoms with Gasteiger partial charge in [0.15, 0.2) is 5.78 Å². The van der Waals surface area contributed by atoms with Crippen molar-refractivity contribution in [2.24, 2.45) is 22.7 Å². The standard InChI is InChI=1S/C29H40O9/c1-9-16(4)26(34)38-20(29(35)13-21(30)36-14-29)12-27(7)18(6)22(31)24(32)28(8)17(5)10-11-19(23(27)28)37-25(33)15(2)3/h9,15,19-20,23-24,32,35H,5-6,10-14H2,1-4,7-8H3/b16-9+/t19-,20+,23-,24+,27+,28+,29-/m0/s1. The van der Waals surface area contributed by atoms with Gasteiger partial charge in [0, 0.05) is 22.3 Å². The van der Waals surface area contributed by atoms with Gasteiger partial charge in [-0.1, -0.05) is 52.5 Å². The second-order valence-corrected chi connectivity index (χ2v) is 11.7. The predicted octanol–water partition coefficient (Wildman–Crippen LogP) is 2.98. The normalized spacial score (nSPS) is 36.6. The zero-order valence-electron chi connectivity index (χ0n) is 23.2. The molecule has 3 rings (SSSR count). The van der Waals surface area contributed by atoms with Crippen molar-refractivity contribution in [3.05, 3.63) is 36.0 Å². The molecule has 0 bridgehead atoms. The van der Waals surface area contributed by atoms with Crippen molar-refractivity contribution < 1.29 is 43.6 Å². The van der Waals surface area contributed by atoms with Crippen molar-refractivity contribution in [3.63, 3.8) is 0 Å². The van der Waals surface area contributed by atoms with Gasteiger partial charge < -0.3 is 24.4 Å². The summed E-state index contributed by atoms with van der Waals surface area (Å²) in [6.45, 7) is 17.9. The van der Waals surface area contributed by atoms with Crippen LogP contribution in [0.2, 0.25) is 0 Å². The molecule has 2 aliphatic carbocycles. The molecule has 0 unspecified atom stereocenters. The largest absolute Gasteiger partial charge is 0.462 e. The smallest absolute Gasteiger partial charge is 0.333 e. The summed E-state index contributed by atoms with van der Waals surface area (Å²) in [5.41, 5.74) is -3.28. The van der Waals surface area contributed by atoms with E-state index in [1.807, 2.05) is 0 Å². The first-order valence-corrected chi connectivity index (χ1v) is 13.0. The molecule has 1 saturated heterocycles. The van der Waals surface area contributed by atoms with Gasteiger partial charge in [0.2, 0.25) is 0 Å². The number of ether oxygens (including phenoxy) is 3. The summed E-state index contributed by atoms with van der Waals surface area (Å²) in [6, 6.07) is 0. The van der Waals surface area contributed by atoms with Crippen LogP contribution in [-0.2, 0) is 33.4 Å². The number of carbonyl (C=O) groups is 4. The van der Waals surface area contributed by atoms with Crippen LogP contribution >= 0.6 is 0 Å². The molecule has 1 aliphatic heterocycles. The third kappa shape index (κ3) is 4.86. The number of hydrogen-bond acceptors (Lipinski definition) is 9. The van der Waals surface area contributed by atoms with Crippen molar-refractivity contribution in [3.8, 4) is 0 Å². The van der Waals surface area contributed by atoms with Crippen LogP contribution in [0.3, 0.4) is 0 Å². The molecule has 0 amide bonds. The Labute approximate surface area is 223 Å². The second-order valence-electron chi connectivity index (χ2n) is 11.7. The molecule has 2 saturated carbocycles. The average Bonchev–Trinajstić information content (AvgIpc) is 3.22. The number of cyclic esters (lactones) is 1. The van der Waals surface area contributed by atoms with E-state index in [4.69, 9.17) is 14.2 Å². The first-order valence-electron chi connectivity index (χ1n) is 13.0. The molecule has 0 spiro atoms. The van der Waals surface area contributed by atoms with Gasteiger partial charge in [-0.05, 0) is 38.7 Å². The minimum atomic E-state index is -1.85. The molecule has 3 fully saturated rings. The third-order valence-corrected chi connectivity index (χ3v) is 8.89. The summed E-state index contributed by atoms with van der Waals surface area (Å²) in [5, 5.41) is 22.7. The highest BCUT2D eigenvalue weighted by Gasteiger charge is 2.66. The number of fused-ring (bicyclic) bond motifs is 1. The summed E-state index contributed by atoms with van der Waals surface area (Å²) in [4.78, 5) is 51.0. The molecule has 1 heterocycles. The number of esters is 3. The molecular formula is C29H40O9. The Bertz CT molecular complexity index is 1090. The van der Waals surface area contributed by atoms with Gasteiger partial charge in [-0.2, -0.15) is 0 Å². The van der Waals surface area contributed by atoms with Crippen molar-refractivity contribution in [2.45, 2.75) is 91.1 Å². The minimum absolute atomic E-state index is 0.0606. The number of ketones is 1. The monoisotopic (exact) mass is 532 g/mol. The molecule has 9 nitrogen and oxygen atoms in total. The van der Waals surface area contributed by atoms with E-state index in [1.165, 1.54) is 0 Å². The molecule has 2 N–H and O–H groups in total. The lowest BCUT2D eigenvalue weighted by Gasteiger charge is -2.60. The average molecular weight is 533 g/mol. The zero-order valence-corrected chi connectivity index (χ0v) is 23.2. The molecule has 0 aromatic carbocycles. The predicted molar refractivity (Wildman–Crippen MR) is 137 cm³/mol. The number of aliphatic hydroxyl groups excluding tert-OH is 1. The Kier molecular flexibility index (Phi) is 8.16. The lowest BCUT2D eigenvalue weighted by atomic mass is 9.45. The molecule has 0 radical (unpaired) electrons. The van der Waals surface area contributed by atoms with Gasteiger partial charge in [-0.25, -0.2) is 4.79 Å². The van der Waals surface area contributed by atoms with E-state index in [1.54, 1.807) is 47.6 Å². The van der Waals surface area contributed by atoms with E-state index in [9.17, 15) is 29.4 Å². The van der Waals surface area contributed by atoms with Crippen LogP contribution in [0.4, 0.5) is 0 Å². The van der Waals surface area contributed by atoms with E-state index in [-0.39, 0.29) is 12.0 Å². The van der Waals surface area contributed by atoms with Crippen molar-refractivity contribution in [1.29, 1.82) is 0 Å². The SMILES string of the molecule is C=C1CC[C@H](OC(=O)C(C)C)[C@@H]2[C@]1(C)[C@H](O)C(=O)C(=C)[C@@]2(C)C[C@@H](OC(=O)/C(C)=C/C)[C@@]1(O)COC(=O)C1. The highest BCUT2D eigenvalue weighted by Crippen LogP contribution is 2.62. The summed E-state index contributed by atoms with van der Waals surface area (Å²) in [5.74, 6) is -3.45. The van der Waals surface area contributed by atoms with E-state index >= 15 is 0 Å². The highest BCUT2D eigenvalue weighted by molar-refractivity contribution is 6.01. The Morgan fingerprint density at radius 2 is 1.87 bits per heavy atom. The molecular weight excluding hydrogens is 492 g/mol. The lowest BCUT2D eigenvalue weighted by Crippen LogP contribution is -2.65. The Morgan fingerprint density at radius 3 is 2.39 bits per heavy atom. The van der Waals surface area contributed by atoms with Crippen molar-refractivity contribution >= 4 is 23.7 Å². The number of aliphatic hydroxyl groups is 2. The molecule has 0 aromatic heterocycles. The number of carbonyl (C=O) groups excluding carboxylic acids is 4. The summed E-state index contributed by atoms with van der Waals surface area (Å²) in [6.07, 6.45) is -1.59. The van der Waals surface area contributed by atoms with Gasteiger partial charge in [-0.15, -0.1) is 0 Å². The first-order chi connectivity index (χ1) is 17.5. The maximum atomic E-state index is 13.4. The second kappa shape index (κ2) is 10.4. The third-order valence-electron chi connectivity index (χ3n) is 8.89. The van der Waals surface area contributed by atoms with Crippen molar-refractivity contribution in [2.75, 3.05) is 6.61 Å². The minimum Gasteiger partial charge on any atom is -0.462 e. The van der Waals surface area contributed by atoms with Gasteiger partial charge in [-0.3, -0.25) is 14.4 Å². The number of rotatable bonds is 7. The zero-order chi connectivity index (χ0) is 28.8. The Balaban J connectivity index is 2.15. The molecule has 210 valence electrons. The Hall–Kier alpha value is -2.78. The lowest BCUT2D eigenvalue weighted by molar-refractivity contribution is -0.188. The maximum Gasteiger partial charge on any atom is 0.333 e. The molecule has 0 aromatic rings. The quantitative estimate of drug-likeness (QED) is 0.219. The van der Waals surface area contributed by atoms with Crippen LogP contribution in [0, 0.1) is 22.7 Å². The van der Waals surface area contributed by atoms with Gasteiger partial charge in [0.25, 0.3) is 0 Å². The Morgan fingerprint density at radius 1 is 1.24 bits per heavy atom.